The summed E-state index contributed by atoms with van der Waals surface area (Å²) in [5, 5.41) is 0. The number of fused-ring (bicyclic) bond motifs is 4. The lowest BCUT2D eigenvalue weighted by Crippen LogP contribution is -2.72. The van der Waals surface area contributed by atoms with Crippen molar-refractivity contribution in [1.29, 1.82) is 0 Å². The molecule has 0 aliphatic carbocycles. The van der Waals surface area contributed by atoms with Crippen molar-refractivity contribution in [2.75, 3.05) is 13.2 Å². The molecule has 3 heterocycles. The maximum Gasteiger partial charge on any atom is 0.0886 e. The number of hydrogen-bond acceptors (Lipinski definition) is 2. The zero-order valence-corrected chi connectivity index (χ0v) is 5.42. The number of piperidine rings is 1. The van der Waals surface area contributed by atoms with Crippen LogP contribution in [-0.4, -0.2) is 36.2 Å². The average molecular weight is 125 g/mol. The van der Waals surface area contributed by atoms with Gasteiger partial charge in [0.1, 0.15) is 0 Å². The summed E-state index contributed by atoms with van der Waals surface area (Å²) in [5.74, 6) is 0. The molecule has 3 atom stereocenters. The molecule has 3 aliphatic rings. The first-order valence-corrected chi connectivity index (χ1v) is 3.84. The largest absolute Gasteiger partial charge is 0.375 e. The minimum absolute atomic E-state index is 0.652. The van der Waals surface area contributed by atoms with Crippen molar-refractivity contribution < 1.29 is 4.74 Å². The van der Waals surface area contributed by atoms with E-state index in [9.17, 15) is 0 Å². The Morgan fingerprint density at radius 1 is 1.22 bits per heavy atom. The van der Waals surface area contributed by atoms with Crippen molar-refractivity contribution >= 4 is 0 Å². The minimum Gasteiger partial charge on any atom is -0.375 e. The molecule has 0 saturated carbocycles. The molecule has 0 radical (unpaired) electrons. The van der Waals surface area contributed by atoms with Crippen LogP contribution in [-0.2, 0) is 4.74 Å². The lowest BCUT2D eigenvalue weighted by atomic mass is 9.80. The third kappa shape index (κ3) is 0.383. The molecule has 0 aromatic carbocycles. The lowest BCUT2D eigenvalue weighted by Gasteiger charge is -2.58. The zero-order chi connectivity index (χ0) is 5.84. The summed E-state index contributed by atoms with van der Waals surface area (Å²) >= 11 is 0. The van der Waals surface area contributed by atoms with Crippen molar-refractivity contribution in [3.8, 4) is 0 Å². The van der Waals surface area contributed by atoms with Gasteiger partial charge in [-0.05, 0) is 12.8 Å². The molecular formula is C7H11NO. The first-order chi connectivity index (χ1) is 4.47. The Morgan fingerprint density at radius 2 is 2.11 bits per heavy atom. The first-order valence-electron chi connectivity index (χ1n) is 3.84. The highest BCUT2D eigenvalue weighted by atomic mass is 16.5. The second-order valence-electron chi connectivity index (χ2n) is 3.29. The Labute approximate surface area is 54.8 Å². The molecule has 0 amide bonds. The molecule has 2 nitrogen and oxygen atoms in total. The second kappa shape index (κ2) is 1.32. The van der Waals surface area contributed by atoms with Gasteiger partial charge in [0.05, 0.1) is 6.10 Å². The quantitative estimate of drug-likeness (QED) is 0.459. The second-order valence-corrected chi connectivity index (χ2v) is 3.29. The van der Waals surface area contributed by atoms with E-state index in [-0.39, 0.29) is 0 Å². The molecule has 3 fully saturated rings. The van der Waals surface area contributed by atoms with Gasteiger partial charge in [-0.3, -0.25) is 4.90 Å². The van der Waals surface area contributed by atoms with Crippen LogP contribution in [0.25, 0.3) is 0 Å². The standard InChI is InChI=1S/C7H11NO/c1-3-8-5(1)7-6(8)2-4-9-7/h5-7H,1-4H2. The van der Waals surface area contributed by atoms with Crippen LogP contribution in [0, 0.1) is 0 Å². The molecule has 2 heteroatoms. The molecule has 0 aromatic heterocycles. The van der Waals surface area contributed by atoms with E-state index in [1.54, 1.807) is 0 Å². The highest BCUT2D eigenvalue weighted by Gasteiger charge is 2.56. The van der Waals surface area contributed by atoms with Gasteiger partial charge in [0.2, 0.25) is 0 Å². The summed E-state index contributed by atoms with van der Waals surface area (Å²) in [5.41, 5.74) is 0. The molecule has 3 rings (SSSR count). The van der Waals surface area contributed by atoms with Crippen molar-refractivity contribution in [3.63, 3.8) is 0 Å². The van der Waals surface area contributed by atoms with Gasteiger partial charge in [-0.15, -0.1) is 0 Å². The van der Waals surface area contributed by atoms with Gasteiger partial charge < -0.3 is 4.74 Å². The van der Waals surface area contributed by atoms with Crippen molar-refractivity contribution in [2.45, 2.75) is 31.0 Å². The maximum absolute atomic E-state index is 5.54. The molecule has 0 spiro atoms. The Balaban J connectivity index is 1.85. The average Bonchev–Trinajstić information content (AvgIpc) is 2.13. The van der Waals surface area contributed by atoms with E-state index < -0.39 is 0 Å². The highest BCUT2D eigenvalue weighted by molar-refractivity contribution is 5.10. The molecule has 0 aromatic rings. The van der Waals surface area contributed by atoms with Gasteiger partial charge in [0.15, 0.2) is 0 Å². The van der Waals surface area contributed by atoms with E-state index in [0.717, 1.165) is 18.7 Å². The van der Waals surface area contributed by atoms with Crippen molar-refractivity contribution in [1.82, 2.24) is 4.90 Å². The fourth-order valence-electron chi connectivity index (χ4n) is 2.41. The SMILES string of the molecule is C1CC2C(O1)C1CCN21. The van der Waals surface area contributed by atoms with E-state index in [1.807, 2.05) is 0 Å². The smallest absolute Gasteiger partial charge is 0.0886 e. The van der Waals surface area contributed by atoms with Crippen LogP contribution in [0.1, 0.15) is 12.8 Å². The minimum atomic E-state index is 0.652. The molecule has 3 unspecified atom stereocenters. The third-order valence-corrected chi connectivity index (χ3v) is 3.02. The van der Waals surface area contributed by atoms with Gasteiger partial charge >= 0.3 is 0 Å². The maximum atomic E-state index is 5.54. The summed E-state index contributed by atoms with van der Waals surface area (Å²) in [6.07, 6.45) is 3.33. The van der Waals surface area contributed by atoms with Crippen LogP contribution in [0.5, 0.6) is 0 Å². The highest BCUT2D eigenvalue weighted by Crippen LogP contribution is 2.43. The van der Waals surface area contributed by atoms with Gasteiger partial charge in [-0.25, -0.2) is 0 Å². The van der Waals surface area contributed by atoms with Gasteiger partial charge in [-0.2, -0.15) is 0 Å². The number of ether oxygens (including phenoxy) is 1. The van der Waals surface area contributed by atoms with E-state index >= 15 is 0 Å². The van der Waals surface area contributed by atoms with E-state index in [2.05, 4.69) is 4.90 Å². The van der Waals surface area contributed by atoms with E-state index in [1.165, 1.54) is 19.4 Å². The predicted octanol–water partition coefficient (Wildman–Crippen LogP) is 0.232. The molecule has 3 aliphatic heterocycles. The van der Waals surface area contributed by atoms with Crippen molar-refractivity contribution in [2.24, 2.45) is 0 Å². The third-order valence-electron chi connectivity index (χ3n) is 3.02. The molecule has 9 heavy (non-hydrogen) atoms. The lowest BCUT2D eigenvalue weighted by molar-refractivity contribution is -0.152. The van der Waals surface area contributed by atoms with Gasteiger partial charge in [0, 0.05) is 25.2 Å². The fourth-order valence-corrected chi connectivity index (χ4v) is 2.41. The van der Waals surface area contributed by atoms with Gasteiger partial charge in [0.25, 0.3) is 0 Å². The van der Waals surface area contributed by atoms with Crippen LogP contribution in [0.15, 0.2) is 0 Å². The summed E-state index contributed by atoms with van der Waals surface area (Å²) in [4.78, 5) is 2.58. The van der Waals surface area contributed by atoms with Crippen LogP contribution < -0.4 is 0 Å². The number of rotatable bonds is 0. The first kappa shape index (κ1) is 4.69. The summed E-state index contributed by atoms with van der Waals surface area (Å²) in [7, 11) is 0. The molecule has 3 saturated heterocycles. The topological polar surface area (TPSA) is 12.5 Å². The molecular weight excluding hydrogens is 114 g/mol. The van der Waals surface area contributed by atoms with Crippen LogP contribution >= 0.6 is 0 Å². The summed E-state index contributed by atoms with van der Waals surface area (Å²) < 4.78 is 5.54. The zero-order valence-electron chi connectivity index (χ0n) is 5.42. The predicted molar refractivity (Wildman–Crippen MR) is 33.3 cm³/mol. The fraction of sp³-hybridized carbons (Fsp3) is 1.00. The molecule has 0 bridgehead atoms. The molecule has 0 N–H and O–H groups in total. The normalized spacial score (nSPS) is 55.3. The van der Waals surface area contributed by atoms with Crippen LogP contribution in [0.4, 0.5) is 0 Å². The number of nitrogens with zero attached hydrogens (tertiary/aromatic N) is 1. The number of hydrogen-bond donors (Lipinski definition) is 0. The Kier molecular flexibility index (Phi) is 0.691. The Bertz CT molecular complexity index is 132. The Hall–Kier alpha value is -0.0800. The monoisotopic (exact) mass is 125 g/mol. The van der Waals surface area contributed by atoms with Gasteiger partial charge in [-0.1, -0.05) is 0 Å². The summed E-state index contributed by atoms with van der Waals surface area (Å²) in [6.45, 7) is 2.36. The van der Waals surface area contributed by atoms with E-state index in [0.29, 0.717) is 6.10 Å². The molecule has 50 valence electrons. The Morgan fingerprint density at radius 3 is 2.78 bits per heavy atom. The van der Waals surface area contributed by atoms with Crippen molar-refractivity contribution in [3.05, 3.63) is 0 Å². The van der Waals surface area contributed by atoms with Crippen LogP contribution in [0.2, 0.25) is 0 Å². The van der Waals surface area contributed by atoms with Crippen LogP contribution in [0.3, 0.4) is 0 Å². The summed E-state index contributed by atoms with van der Waals surface area (Å²) in [6, 6.07) is 1.68. The van der Waals surface area contributed by atoms with E-state index in [4.69, 9.17) is 4.74 Å².